The molecule has 1 aliphatic rings. The van der Waals surface area contributed by atoms with Crippen molar-refractivity contribution in [3.63, 3.8) is 0 Å². The Bertz CT molecular complexity index is 658. The summed E-state index contributed by atoms with van der Waals surface area (Å²) in [6.45, 7) is 0.0769. The predicted octanol–water partition coefficient (Wildman–Crippen LogP) is 2.15. The normalized spacial score (nSPS) is 15.1. The van der Waals surface area contributed by atoms with Crippen molar-refractivity contribution < 1.29 is 19.8 Å². The lowest BCUT2D eigenvalue weighted by Gasteiger charge is -2.20. The van der Waals surface area contributed by atoms with Crippen molar-refractivity contribution in [2.24, 2.45) is 5.92 Å². The monoisotopic (exact) mass is 367 g/mol. The van der Waals surface area contributed by atoms with Crippen LogP contribution in [0.3, 0.4) is 0 Å². The third-order valence-corrected chi connectivity index (χ3v) is 5.00. The minimum Gasteiger partial charge on any atom is -0.493 e. The molecule has 146 valence electrons. The number of carboxylic acids is 1. The fraction of sp³-hybridized carbons (Fsp3) is 0.722. The van der Waals surface area contributed by atoms with Gasteiger partial charge < -0.3 is 15.6 Å². The second kappa shape index (κ2) is 10.0. The number of aromatic hydroxyl groups is 1. The Balaban J connectivity index is 1.83. The van der Waals surface area contributed by atoms with Gasteiger partial charge in [0.2, 0.25) is 5.88 Å². The van der Waals surface area contributed by atoms with Crippen LogP contribution in [0.4, 0.5) is 0 Å². The number of hydrogen-bond donors (Lipinski definition) is 4. The average Bonchev–Trinajstić information content (AvgIpc) is 2.89. The summed E-state index contributed by atoms with van der Waals surface area (Å²) in [5.74, 6) is -0.804. The van der Waals surface area contributed by atoms with E-state index in [0.29, 0.717) is 18.5 Å². The van der Waals surface area contributed by atoms with Gasteiger partial charge in [-0.1, -0.05) is 32.1 Å². The van der Waals surface area contributed by atoms with Crippen molar-refractivity contribution in [1.82, 2.24) is 9.66 Å². The molecule has 1 aromatic heterocycles. The highest BCUT2D eigenvalue weighted by Gasteiger charge is 2.21. The number of imidazole rings is 1. The fourth-order valence-corrected chi connectivity index (χ4v) is 3.50. The van der Waals surface area contributed by atoms with E-state index in [4.69, 9.17) is 5.11 Å². The lowest BCUT2D eigenvalue weighted by molar-refractivity contribution is -0.137. The van der Waals surface area contributed by atoms with E-state index >= 15 is 0 Å². The molecule has 8 nitrogen and oxygen atoms in total. The molecule has 0 atom stereocenters. The molecule has 2 rings (SSSR count). The number of nitrogens with one attached hydrogen (secondary N) is 2. The second-order valence-electron chi connectivity index (χ2n) is 7.00. The van der Waals surface area contributed by atoms with Gasteiger partial charge in [0, 0.05) is 12.3 Å². The molecular weight excluding hydrogens is 338 g/mol. The van der Waals surface area contributed by atoms with E-state index in [1.165, 1.54) is 11.1 Å². The van der Waals surface area contributed by atoms with Gasteiger partial charge in [0.1, 0.15) is 5.69 Å². The van der Waals surface area contributed by atoms with Crippen LogP contribution in [0.5, 0.6) is 5.88 Å². The Labute approximate surface area is 152 Å². The quantitative estimate of drug-likeness (QED) is 0.444. The third kappa shape index (κ3) is 5.93. The number of hydrogen-bond acceptors (Lipinski definition) is 5. The van der Waals surface area contributed by atoms with Crippen molar-refractivity contribution in [3.8, 4) is 5.88 Å². The number of H-pyrrole nitrogens is 1. The van der Waals surface area contributed by atoms with Crippen LogP contribution in [0.15, 0.2) is 4.79 Å². The summed E-state index contributed by atoms with van der Waals surface area (Å²) in [6, 6.07) is 0. The summed E-state index contributed by atoms with van der Waals surface area (Å²) in [5, 5.41) is 18.5. The maximum Gasteiger partial charge on any atom is 0.347 e. The van der Waals surface area contributed by atoms with E-state index in [2.05, 4.69) is 10.4 Å². The lowest BCUT2D eigenvalue weighted by atomic mass is 9.86. The first kappa shape index (κ1) is 20.1. The minimum absolute atomic E-state index is 0.0668. The number of Topliss-reactive ketones (excluding diaryl/α,β-unsaturated/α-hetero) is 1. The number of nitrogens with zero attached hydrogens (tertiary/aromatic N) is 1. The Kier molecular flexibility index (Phi) is 7.74. The number of carbonyl (C=O) groups is 2. The van der Waals surface area contributed by atoms with Gasteiger partial charge in [-0.3, -0.25) is 14.6 Å². The molecule has 0 saturated heterocycles. The van der Waals surface area contributed by atoms with Crippen molar-refractivity contribution in [2.45, 2.75) is 70.6 Å². The highest BCUT2D eigenvalue weighted by Crippen LogP contribution is 2.24. The third-order valence-electron chi connectivity index (χ3n) is 5.00. The summed E-state index contributed by atoms with van der Waals surface area (Å²) in [7, 11) is 0. The number of ketones is 1. The predicted molar refractivity (Wildman–Crippen MR) is 97.0 cm³/mol. The molecule has 0 spiro atoms. The van der Waals surface area contributed by atoms with Gasteiger partial charge in [-0.15, -0.1) is 0 Å². The van der Waals surface area contributed by atoms with Crippen LogP contribution in [0.25, 0.3) is 0 Å². The number of aliphatic carboxylic acids is 1. The largest absolute Gasteiger partial charge is 0.493 e. The molecule has 26 heavy (non-hydrogen) atoms. The Morgan fingerprint density at radius 1 is 1.12 bits per heavy atom. The second-order valence-corrected chi connectivity index (χ2v) is 7.00. The zero-order valence-corrected chi connectivity index (χ0v) is 15.1. The highest BCUT2D eigenvalue weighted by atomic mass is 16.4. The van der Waals surface area contributed by atoms with Gasteiger partial charge in [-0.05, 0) is 32.1 Å². The summed E-state index contributed by atoms with van der Waals surface area (Å²) >= 11 is 0. The molecule has 0 aromatic carbocycles. The van der Waals surface area contributed by atoms with Crippen LogP contribution in [0, 0.1) is 5.92 Å². The van der Waals surface area contributed by atoms with Crippen molar-refractivity contribution >= 4 is 11.8 Å². The van der Waals surface area contributed by atoms with Crippen LogP contribution in [-0.4, -0.2) is 38.2 Å². The van der Waals surface area contributed by atoms with Gasteiger partial charge in [-0.25, -0.2) is 9.47 Å². The molecular formula is C18H29N3O5. The molecule has 1 heterocycles. The fourth-order valence-electron chi connectivity index (χ4n) is 3.50. The summed E-state index contributed by atoms with van der Waals surface area (Å²) in [5.41, 5.74) is 2.80. The Morgan fingerprint density at radius 2 is 1.81 bits per heavy atom. The van der Waals surface area contributed by atoms with E-state index in [1.54, 1.807) is 0 Å². The van der Waals surface area contributed by atoms with Crippen LogP contribution in [0.1, 0.15) is 69.9 Å². The van der Waals surface area contributed by atoms with E-state index in [1.807, 2.05) is 0 Å². The van der Waals surface area contributed by atoms with Crippen LogP contribution < -0.4 is 11.1 Å². The van der Waals surface area contributed by atoms with E-state index in [-0.39, 0.29) is 30.5 Å². The van der Waals surface area contributed by atoms with Gasteiger partial charge in [0.15, 0.2) is 5.78 Å². The SMILES string of the molecule is O=C(O)CCCCCCc1c(O)[nH]c(=O)n1NCC(=O)C1CCCCC1. The molecule has 1 saturated carbocycles. The molecule has 0 amide bonds. The number of rotatable bonds is 11. The topological polar surface area (TPSA) is 124 Å². The molecule has 1 aromatic rings. The molecule has 4 N–H and O–H groups in total. The molecule has 8 heteroatoms. The zero-order valence-electron chi connectivity index (χ0n) is 15.1. The molecule has 0 radical (unpaired) electrons. The summed E-state index contributed by atoms with van der Waals surface area (Å²) < 4.78 is 1.23. The lowest BCUT2D eigenvalue weighted by Crippen LogP contribution is -2.34. The van der Waals surface area contributed by atoms with Crippen molar-refractivity contribution in [1.29, 1.82) is 0 Å². The molecule has 0 unspecified atom stereocenters. The first-order valence-corrected chi connectivity index (χ1v) is 9.50. The van der Waals surface area contributed by atoms with Crippen molar-refractivity contribution in [3.05, 3.63) is 16.2 Å². The molecule has 1 aliphatic carbocycles. The van der Waals surface area contributed by atoms with Gasteiger partial charge in [-0.2, -0.15) is 0 Å². The number of carbonyl (C=O) groups excluding carboxylic acids is 1. The van der Waals surface area contributed by atoms with Crippen molar-refractivity contribution in [2.75, 3.05) is 12.0 Å². The number of unbranched alkanes of at least 4 members (excludes halogenated alkanes) is 3. The first-order chi connectivity index (χ1) is 12.5. The maximum atomic E-state index is 12.3. The Hall–Kier alpha value is -2.25. The highest BCUT2D eigenvalue weighted by molar-refractivity contribution is 5.84. The van der Waals surface area contributed by atoms with Gasteiger partial charge in [0.25, 0.3) is 0 Å². The van der Waals surface area contributed by atoms with E-state index in [9.17, 15) is 19.5 Å². The minimum atomic E-state index is -0.797. The Morgan fingerprint density at radius 3 is 2.50 bits per heavy atom. The molecule has 0 bridgehead atoms. The number of aromatic amines is 1. The first-order valence-electron chi connectivity index (χ1n) is 9.50. The number of aromatic nitrogens is 2. The smallest absolute Gasteiger partial charge is 0.347 e. The zero-order chi connectivity index (χ0) is 18.9. The van der Waals surface area contributed by atoms with E-state index < -0.39 is 11.7 Å². The van der Waals surface area contributed by atoms with E-state index in [0.717, 1.165) is 44.9 Å². The van der Waals surface area contributed by atoms with Gasteiger partial charge in [0.05, 0.1) is 6.54 Å². The molecule has 1 fully saturated rings. The van der Waals surface area contributed by atoms with Crippen LogP contribution >= 0.6 is 0 Å². The van der Waals surface area contributed by atoms with Crippen LogP contribution in [-0.2, 0) is 16.0 Å². The average molecular weight is 367 g/mol. The molecule has 0 aliphatic heterocycles. The maximum absolute atomic E-state index is 12.3. The van der Waals surface area contributed by atoms with Crippen LogP contribution in [0.2, 0.25) is 0 Å². The number of carboxylic acid groups (broad SMARTS) is 1. The summed E-state index contributed by atoms with van der Waals surface area (Å²) in [4.78, 5) is 37.1. The summed E-state index contributed by atoms with van der Waals surface area (Å²) in [6.07, 6.45) is 8.74. The standard InChI is InChI=1S/C18H29N3O5/c22-15(13-8-4-3-5-9-13)12-19-21-14(17(25)20-18(21)26)10-6-1-2-7-11-16(23)24/h13,19,25H,1-12H2,(H,20,26)(H,23,24). The van der Waals surface area contributed by atoms with Gasteiger partial charge >= 0.3 is 11.7 Å².